The number of ketones is 1. The van der Waals surface area contributed by atoms with Gasteiger partial charge in [-0.3, -0.25) is 9.59 Å². The zero-order valence-corrected chi connectivity index (χ0v) is 16.2. The van der Waals surface area contributed by atoms with Gasteiger partial charge in [0.15, 0.2) is 5.78 Å². The largest absolute Gasteiger partial charge is 0.480 e. The molecule has 8 heteroatoms. The van der Waals surface area contributed by atoms with E-state index in [2.05, 4.69) is 12.6 Å². The van der Waals surface area contributed by atoms with E-state index in [1.807, 2.05) is 17.5 Å². The summed E-state index contributed by atoms with van der Waals surface area (Å²) in [6, 6.07) is 11.5. The summed E-state index contributed by atoms with van der Waals surface area (Å²) in [7, 11) is 0. The van der Waals surface area contributed by atoms with Gasteiger partial charge in [-0.05, 0) is 11.4 Å². The first-order valence-electron chi connectivity index (χ1n) is 7.95. The molecule has 0 aliphatic carbocycles. The predicted octanol–water partition coefficient (Wildman–Crippen LogP) is 3.35. The number of benzene rings is 1. The Labute approximate surface area is 164 Å². The van der Waals surface area contributed by atoms with Crippen LogP contribution >= 0.6 is 35.7 Å². The lowest BCUT2D eigenvalue weighted by atomic mass is 10.1. The molecule has 1 aromatic carbocycles. The highest BCUT2D eigenvalue weighted by atomic mass is 32.2. The minimum Gasteiger partial charge on any atom is -0.480 e. The molecule has 1 aliphatic rings. The maximum absolute atomic E-state index is 12.9. The van der Waals surface area contributed by atoms with E-state index in [1.54, 1.807) is 30.3 Å². The summed E-state index contributed by atoms with van der Waals surface area (Å²) in [5.74, 6) is -1.32. The lowest BCUT2D eigenvalue weighted by Crippen LogP contribution is -2.44. The Bertz CT molecular complexity index is 794. The molecule has 3 rings (SSSR count). The minimum atomic E-state index is -1.03. The highest BCUT2D eigenvalue weighted by Crippen LogP contribution is 2.43. The number of hydrogen-bond donors (Lipinski definition) is 2. The Morgan fingerprint density at radius 3 is 2.54 bits per heavy atom. The molecular weight excluding hydrogens is 390 g/mol. The first-order valence-corrected chi connectivity index (χ1v) is 10.4. The SMILES string of the molecule is O=C(c1ccccc1)C(S)CC(=O)N1C(c2cccs2)SC[C@H]1C(=O)O. The van der Waals surface area contributed by atoms with E-state index < -0.39 is 17.3 Å². The van der Waals surface area contributed by atoms with Crippen molar-refractivity contribution in [3.8, 4) is 0 Å². The smallest absolute Gasteiger partial charge is 0.327 e. The van der Waals surface area contributed by atoms with Gasteiger partial charge in [-0.15, -0.1) is 23.1 Å². The zero-order valence-electron chi connectivity index (χ0n) is 13.6. The van der Waals surface area contributed by atoms with Crippen LogP contribution in [0.3, 0.4) is 0 Å². The number of thiophene rings is 1. The Morgan fingerprint density at radius 1 is 1.19 bits per heavy atom. The number of amides is 1. The lowest BCUT2D eigenvalue weighted by Gasteiger charge is -2.27. The number of nitrogens with zero attached hydrogens (tertiary/aromatic N) is 1. The molecule has 2 unspecified atom stereocenters. The third-order valence-corrected chi connectivity index (χ3v) is 6.88. The topological polar surface area (TPSA) is 74.7 Å². The first kappa shape index (κ1) is 19.0. The second-order valence-corrected chi connectivity index (χ2v) is 8.52. The lowest BCUT2D eigenvalue weighted by molar-refractivity contribution is -0.149. The van der Waals surface area contributed by atoms with Crippen molar-refractivity contribution in [3.63, 3.8) is 0 Å². The summed E-state index contributed by atoms with van der Waals surface area (Å²) in [6.45, 7) is 0. The average Bonchev–Trinajstić information content (AvgIpc) is 3.30. The summed E-state index contributed by atoms with van der Waals surface area (Å²) in [5, 5.41) is 10.2. The van der Waals surface area contributed by atoms with Gasteiger partial charge in [-0.1, -0.05) is 36.4 Å². The number of aliphatic carboxylic acids is 1. The van der Waals surface area contributed by atoms with Crippen LogP contribution in [0.1, 0.15) is 27.0 Å². The minimum absolute atomic E-state index is 0.136. The molecule has 0 radical (unpaired) electrons. The number of rotatable bonds is 6. The Balaban J connectivity index is 1.77. The Kier molecular flexibility index (Phi) is 6.05. The Hall–Kier alpha value is -1.77. The summed E-state index contributed by atoms with van der Waals surface area (Å²) in [5.41, 5.74) is 0.487. The van der Waals surface area contributed by atoms with E-state index in [1.165, 1.54) is 28.0 Å². The monoisotopic (exact) mass is 407 g/mol. The fraction of sp³-hybridized carbons (Fsp3) is 0.278. The molecule has 26 heavy (non-hydrogen) atoms. The number of thioether (sulfide) groups is 1. The molecular formula is C18H17NO4S3. The fourth-order valence-electron chi connectivity index (χ4n) is 2.81. The summed E-state index contributed by atoms with van der Waals surface area (Å²) >= 11 is 7.22. The normalized spacial score (nSPS) is 20.7. The van der Waals surface area contributed by atoms with Gasteiger partial charge in [0.25, 0.3) is 0 Å². The number of Topliss-reactive ketones (excluding diaryl/α,β-unsaturated/α-hetero) is 1. The van der Waals surface area contributed by atoms with Gasteiger partial charge in [-0.25, -0.2) is 4.79 Å². The number of hydrogen-bond acceptors (Lipinski definition) is 6. The molecule has 0 bridgehead atoms. The molecule has 0 spiro atoms. The molecule has 2 aromatic rings. The van der Waals surface area contributed by atoms with Crippen LogP contribution in [0.15, 0.2) is 47.8 Å². The van der Waals surface area contributed by atoms with Crippen LogP contribution in [0.5, 0.6) is 0 Å². The van der Waals surface area contributed by atoms with Crippen LogP contribution in [0.2, 0.25) is 0 Å². The van der Waals surface area contributed by atoms with Crippen molar-refractivity contribution in [3.05, 3.63) is 58.3 Å². The maximum Gasteiger partial charge on any atom is 0.327 e. The van der Waals surface area contributed by atoms with Crippen molar-refractivity contribution in [2.24, 2.45) is 0 Å². The van der Waals surface area contributed by atoms with Gasteiger partial charge >= 0.3 is 5.97 Å². The van der Waals surface area contributed by atoms with Gasteiger partial charge < -0.3 is 10.0 Å². The van der Waals surface area contributed by atoms with Crippen molar-refractivity contribution in [2.45, 2.75) is 23.1 Å². The second-order valence-electron chi connectivity index (χ2n) is 5.81. The molecule has 5 nitrogen and oxygen atoms in total. The zero-order chi connectivity index (χ0) is 18.7. The molecule has 136 valence electrons. The first-order chi connectivity index (χ1) is 12.5. The van der Waals surface area contributed by atoms with Gasteiger partial charge in [0, 0.05) is 22.6 Å². The highest BCUT2D eigenvalue weighted by molar-refractivity contribution is 7.99. The molecule has 0 saturated carbocycles. The van der Waals surface area contributed by atoms with Crippen LogP contribution < -0.4 is 0 Å². The molecule has 1 N–H and O–H groups in total. The fourth-order valence-corrected chi connectivity index (χ4v) is 5.52. The Morgan fingerprint density at radius 2 is 1.92 bits per heavy atom. The standard InChI is InChI=1S/C18H17NO4S3/c20-15(9-13(24)16(21)11-5-2-1-3-6-11)19-12(18(22)23)10-26-17(19)14-7-4-8-25-14/h1-8,12-13,17,24H,9-10H2,(H,22,23)/t12-,13?,17?/m0/s1. The highest BCUT2D eigenvalue weighted by Gasteiger charge is 2.43. The van der Waals surface area contributed by atoms with E-state index in [9.17, 15) is 19.5 Å². The van der Waals surface area contributed by atoms with Gasteiger partial charge in [0.05, 0.1) is 5.25 Å². The summed E-state index contributed by atoms with van der Waals surface area (Å²) in [4.78, 5) is 39.2. The number of carboxylic acids is 1. The van der Waals surface area contributed by atoms with Crippen LogP contribution in [0, 0.1) is 0 Å². The van der Waals surface area contributed by atoms with Crippen molar-refractivity contribution < 1.29 is 19.5 Å². The van der Waals surface area contributed by atoms with E-state index >= 15 is 0 Å². The average molecular weight is 408 g/mol. The number of carbonyl (C=O) groups is 3. The van der Waals surface area contributed by atoms with Crippen molar-refractivity contribution in [1.29, 1.82) is 0 Å². The molecule has 1 saturated heterocycles. The number of carboxylic acid groups (broad SMARTS) is 1. The van der Waals surface area contributed by atoms with Crippen LogP contribution in [0.4, 0.5) is 0 Å². The molecule has 1 aromatic heterocycles. The van der Waals surface area contributed by atoms with Crippen LogP contribution in [0.25, 0.3) is 0 Å². The third kappa shape index (κ3) is 3.97. The molecule has 2 heterocycles. The second kappa shape index (κ2) is 8.28. The summed E-state index contributed by atoms with van der Waals surface area (Å²) < 4.78 is 0. The van der Waals surface area contributed by atoms with Crippen LogP contribution in [-0.4, -0.2) is 44.7 Å². The van der Waals surface area contributed by atoms with Crippen molar-refractivity contribution in [2.75, 3.05) is 5.75 Å². The number of carbonyl (C=O) groups excluding carboxylic acids is 2. The van der Waals surface area contributed by atoms with E-state index in [-0.39, 0.29) is 23.5 Å². The summed E-state index contributed by atoms with van der Waals surface area (Å²) in [6.07, 6.45) is -0.136. The molecule has 1 aliphatic heterocycles. The quantitative estimate of drug-likeness (QED) is 0.567. The van der Waals surface area contributed by atoms with Gasteiger partial charge in [0.1, 0.15) is 11.4 Å². The third-order valence-electron chi connectivity index (χ3n) is 4.09. The van der Waals surface area contributed by atoms with Gasteiger partial charge in [-0.2, -0.15) is 12.6 Å². The molecule has 1 amide bonds. The molecule has 3 atom stereocenters. The van der Waals surface area contributed by atoms with E-state index in [0.29, 0.717) is 11.3 Å². The molecule has 1 fully saturated rings. The van der Waals surface area contributed by atoms with Crippen molar-refractivity contribution in [1.82, 2.24) is 4.90 Å². The maximum atomic E-state index is 12.9. The number of thiol groups is 1. The van der Waals surface area contributed by atoms with Crippen LogP contribution in [-0.2, 0) is 9.59 Å². The predicted molar refractivity (Wildman–Crippen MR) is 106 cm³/mol. The van der Waals surface area contributed by atoms with E-state index in [0.717, 1.165) is 4.88 Å². The van der Waals surface area contributed by atoms with Gasteiger partial charge in [0.2, 0.25) is 5.91 Å². The van der Waals surface area contributed by atoms with Crippen molar-refractivity contribution >= 4 is 53.4 Å². The van der Waals surface area contributed by atoms with E-state index in [4.69, 9.17) is 0 Å².